The van der Waals surface area contributed by atoms with Crippen molar-refractivity contribution in [3.05, 3.63) is 23.8 Å². The van der Waals surface area contributed by atoms with Crippen molar-refractivity contribution < 1.29 is 0 Å². The molecule has 1 heterocycles. The van der Waals surface area contributed by atoms with Crippen molar-refractivity contribution in [1.82, 2.24) is 9.97 Å². The minimum atomic E-state index is 0.240. The molecule has 1 fully saturated rings. The SMILES string of the molecule is CC(N)=N/N=C(\N)C1CC1c1cnc(C)nc1. The fourth-order valence-corrected chi connectivity index (χ4v) is 1.70. The zero-order valence-corrected chi connectivity index (χ0v) is 9.96. The highest BCUT2D eigenvalue weighted by Gasteiger charge is 2.41. The molecule has 0 spiro atoms. The molecule has 0 bridgehead atoms. The molecule has 0 saturated heterocycles. The van der Waals surface area contributed by atoms with Crippen molar-refractivity contribution in [2.75, 3.05) is 0 Å². The molecule has 1 aromatic rings. The van der Waals surface area contributed by atoms with Gasteiger partial charge in [-0.15, -0.1) is 10.2 Å². The standard InChI is InChI=1S/C11H16N6/c1-6(12)16-17-11(13)10-3-9(10)8-4-14-7(2)15-5-8/h4-5,9-10H,3H2,1-2H3,(H2,12,16)(H2,13,17). The van der Waals surface area contributed by atoms with Crippen molar-refractivity contribution in [1.29, 1.82) is 0 Å². The van der Waals surface area contributed by atoms with E-state index in [1.807, 2.05) is 19.3 Å². The van der Waals surface area contributed by atoms with Crippen LogP contribution in [0, 0.1) is 12.8 Å². The van der Waals surface area contributed by atoms with Crippen LogP contribution < -0.4 is 11.5 Å². The Labute approximate surface area is 99.9 Å². The zero-order valence-electron chi connectivity index (χ0n) is 9.96. The van der Waals surface area contributed by atoms with Gasteiger partial charge in [-0.05, 0) is 31.7 Å². The second kappa shape index (κ2) is 4.48. The summed E-state index contributed by atoms with van der Waals surface area (Å²) >= 11 is 0. The first-order valence-electron chi connectivity index (χ1n) is 5.49. The predicted molar refractivity (Wildman–Crippen MR) is 66.5 cm³/mol. The van der Waals surface area contributed by atoms with E-state index in [0.29, 0.717) is 17.6 Å². The molecule has 1 saturated carbocycles. The highest BCUT2D eigenvalue weighted by atomic mass is 15.3. The number of amidine groups is 2. The van der Waals surface area contributed by atoms with Gasteiger partial charge in [-0.2, -0.15) is 0 Å². The van der Waals surface area contributed by atoms with Gasteiger partial charge in [0, 0.05) is 18.3 Å². The Morgan fingerprint density at radius 3 is 2.53 bits per heavy atom. The van der Waals surface area contributed by atoms with Crippen LogP contribution in [0.3, 0.4) is 0 Å². The molecule has 1 aliphatic rings. The van der Waals surface area contributed by atoms with Crippen molar-refractivity contribution in [2.45, 2.75) is 26.2 Å². The van der Waals surface area contributed by atoms with Gasteiger partial charge in [0.25, 0.3) is 0 Å². The van der Waals surface area contributed by atoms with Crippen molar-refractivity contribution in [3.8, 4) is 0 Å². The summed E-state index contributed by atoms with van der Waals surface area (Å²) in [5, 5.41) is 7.65. The fraction of sp³-hybridized carbons (Fsp3) is 0.455. The number of aryl methyl sites for hydroxylation is 1. The average molecular weight is 232 g/mol. The summed E-state index contributed by atoms with van der Waals surface area (Å²) in [6.45, 7) is 3.54. The number of hydrogen-bond donors (Lipinski definition) is 2. The Balaban J connectivity index is 2.03. The second-order valence-corrected chi connectivity index (χ2v) is 4.28. The molecule has 90 valence electrons. The normalized spacial score (nSPS) is 24.8. The molecule has 2 atom stereocenters. The van der Waals surface area contributed by atoms with Gasteiger partial charge in [-0.1, -0.05) is 0 Å². The van der Waals surface area contributed by atoms with Crippen LogP contribution in [0.2, 0.25) is 0 Å². The van der Waals surface area contributed by atoms with Crippen LogP contribution >= 0.6 is 0 Å². The van der Waals surface area contributed by atoms with E-state index < -0.39 is 0 Å². The van der Waals surface area contributed by atoms with Crippen LogP contribution in [-0.2, 0) is 0 Å². The second-order valence-electron chi connectivity index (χ2n) is 4.28. The lowest BCUT2D eigenvalue weighted by Gasteiger charge is -1.99. The smallest absolute Gasteiger partial charge is 0.126 e. The topological polar surface area (TPSA) is 103 Å². The summed E-state index contributed by atoms with van der Waals surface area (Å²) in [4.78, 5) is 8.34. The molecule has 2 rings (SSSR count). The molecule has 4 N–H and O–H groups in total. The lowest BCUT2D eigenvalue weighted by Crippen LogP contribution is -2.15. The number of hydrogen-bond acceptors (Lipinski definition) is 4. The molecule has 0 aliphatic heterocycles. The van der Waals surface area contributed by atoms with Crippen molar-refractivity contribution in [2.24, 2.45) is 27.6 Å². The average Bonchev–Trinajstić information content (AvgIpc) is 3.07. The Hall–Kier alpha value is -1.98. The number of nitrogens with two attached hydrogens (primary N) is 2. The third-order valence-corrected chi connectivity index (χ3v) is 2.72. The minimum Gasteiger partial charge on any atom is -0.386 e. The van der Waals surface area contributed by atoms with E-state index in [-0.39, 0.29) is 5.92 Å². The molecule has 6 nitrogen and oxygen atoms in total. The van der Waals surface area contributed by atoms with E-state index in [1.165, 1.54) is 0 Å². The van der Waals surface area contributed by atoms with E-state index in [4.69, 9.17) is 11.5 Å². The Morgan fingerprint density at radius 2 is 1.94 bits per heavy atom. The van der Waals surface area contributed by atoms with E-state index >= 15 is 0 Å². The maximum absolute atomic E-state index is 5.83. The molecule has 17 heavy (non-hydrogen) atoms. The predicted octanol–water partition coefficient (Wildman–Crippen LogP) is 0.538. The Morgan fingerprint density at radius 1 is 1.29 bits per heavy atom. The van der Waals surface area contributed by atoms with E-state index in [1.54, 1.807) is 6.92 Å². The largest absolute Gasteiger partial charge is 0.386 e. The van der Waals surface area contributed by atoms with Crippen molar-refractivity contribution >= 4 is 11.7 Å². The third kappa shape index (κ3) is 2.77. The Bertz CT molecular complexity index is 457. The van der Waals surface area contributed by atoms with Crippen molar-refractivity contribution in [3.63, 3.8) is 0 Å². The third-order valence-electron chi connectivity index (χ3n) is 2.72. The molecular weight excluding hydrogens is 216 g/mol. The Kier molecular flexibility index (Phi) is 3.03. The van der Waals surface area contributed by atoms with Crippen LogP contribution in [0.15, 0.2) is 22.6 Å². The van der Waals surface area contributed by atoms with Gasteiger partial charge < -0.3 is 11.5 Å². The quantitative estimate of drug-likeness (QED) is 0.451. The van der Waals surface area contributed by atoms with Crippen LogP contribution in [0.1, 0.15) is 30.7 Å². The number of rotatable bonds is 3. The van der Waals surface area contributed by atoms with E-state index in [9.17, 15) is 0 Å². The van der Waals surface area contributed by atoms with E-state index in [0.717, 1.165) is 17.8 Å². The van der Waals surface area contributed by atoms with Crippen LogP contribution in [-0.4, -0.2) is 21.6 Å². The monoisotopic (exact) mass is 232 g/mol. The highest BCUT2D eigenvalue weighted by Crippen LogP contribution is 2.47. The molecule has 0 amide bonds. The lowest BCUT2D eigenvalue weighted by atomic mass is 10.2. The van der Waals surface area contributed by atoms with Gasteiger partial charge in [-0.25, -0.2) is 9.97 Å². The maximum Gasteiger partial charge on any atom is 0.126 e. The van der Waals surface area contributed by atoms with Gasteiger partial charge in [0.15, 0.2) is 0 Å². The molecular formula is C11H16N6. The first kappa shape index (κ1) is 11.5. The summed E-state index contributed by atoms with van der Waals surface area (Å²) in [5.74, 6) is 2.32. The summed E-state index contributed by atoms with van der Waals surface area (Å²) in [5.41, 5.74) is 12.3. The number of nitrogens with zero attached hydrogens (tertiary/aromatic N) is 4. The molecule has 1 aliphatic carbocycles. The fourth-order valence-electron chi connectivity index (χ4n) is 1.70. The maximum atomic E-state index is 5.83. The highest BCUT2D eigenvalue weighted by molar-refractivity contribution is 5.87. The van der Waals surface area contributed by atoms with E-state index in [2.05, 4.69) is 20.2 Å². The summed E-state index contributed by atoms with van der Waals surface area (Å²) in [6, 6.07) is 0. The van der Waals surface area contributed by atoms with Crippen LogP contribution in [0.4, 0.5) is 0 Å². The minimum absolute atomic E-state index is 0.240. The molecule has 2 unspecified atom stereocenters. The van der Waals surface area contributed by atoms with Gasteiger partial charge in [0.05, 0.1) is 0 Å². The van der Waals surface area contributed by atoms with Crippen LogP contribution in [0.25, 0.3) is 0 Å². The van der Waals surface area contributed by atoms with Gasteiger partial charge in [0.1, 0.15) is 17.5 Å². The van der Waals surface area contributed by atoms with Crippen LogP contribution in [0.5, 0.6) is 0 Å². The summed E-state index contributed by atoms with van der Waals surface area (Å²) in [6.07, 6.45) is 4.66. The van der Waals surface area contributed by atoms with Gasteiger partial charge in [-0.3, -0.25) is 0 Å². The molecule has 0 aromatic carbocycles. The summed E-state index contributed by atoms with van der Waals surface area (Å²) in [7, 11) is 0. The first-order chi connectivity index (χ1) is 8.08. The lowest BCUT2D eigenvalue weighted by molar-refractivity contribution is 0.954. The molecule has 1 aromatic heterocycles. The zero-order chi connectivity index (χ0) is 12.4. The first-order valence-corrected chi connectivity index (χ1v) is 5.49. The summed E-state index contributed by atoms with van der Waals surface area (Å²) < 4.78 is 0. The number of aromatic nitrogens is 2. The molecule has 0 radical (unpaired) electrons. The van der Waals surface area contributed by atoms with Gasteiger partial charge in [0.2, 0.25) is 0 Å². The van der Waals surface area contributed by atoms with Gasteiger partial charge >= 0.3 is 0 Å². The molecule has 6 heteroatoms.